The Labute approximate surface area is 79.9 Å². The topological polar surface area (TPSA) is 94.5 Å². The Morgan fingerprint density at radius 3 is 2.79 bits per heavy atom. The van der Waals surface area contributed by atoms with Crippen LogP contribution in [0.25, 0.3) is 11.4 Å². The lowest BCUT2D eigenvalue weighted by molar-refractivity contribution is 0.715. The van der Waals surface area contributed by atoms with Gasteiger partial charge in [0.1, 0.15) is 11.4 Å². The van der Waals surface area contributed by atoms with Gasteiger partial charge in [-0.3, -0.25) is 4.68 Å². The molecule has 0 unspecified atom stereocenters. The van der Waals surface area contributed by atoms with Crippen molar-refractivity contribution in [1.82, 2.24) is 25.0 Å². The molecular formula is C7H9N7. The van der Waals surface area contributed by atoms with Crippen molar-refractivity contribution in [2.75, 3.05) is 5.43 Å². The first-order valence-corrected chi connectivity index (χ1v) is 3.95. The van der Waals surface area contributed by atoms with Crippen LogP contribution in [0.4, 0.5) is 5.82 Å². The third kappa shape index (κ3) is 1.40. The maximum absolute atomic E-state index is 5.29. The van der Waals surface area contributed by atoms with Crippen LogP contribution in [0.1, 0.15) is 0 Å². The number of nitrogens with one attached hydrogen (secondary N) is 1. The van der Waals surface area contributed by atoms with E-state index in [-0.39, 0.29) is 0 Å². The van der Waals surface area contributed by atoms with Crippen molar-refractivity contribution >= 4 is 5.82 Å². The quantitative estimate of drug-likeness (QED) is 0.493. The molecule has 0 amide bonds. The van der Waals surface area contributed by atoms with Gasteiger partial charge in [-0.05, 0) is 0 Å². The largest absolute Gasteiger partial charge is 0.307 e. The molecule has 0 aromatic carbocycles. The molecule has 72 valence electrons. The molecule has 2 aromatic rings. The van der Waals surface area contributed by atoms with Gasteiger partial charge in [0.15, 0.2) is 5.82 Å². The zero-order valence-electron chi connectivity index (χ0n) is 7.55. The molecule has 0 aliphatic carbocycles. The first kappa shape index (κ1) is 8.57. The molecule has 3 N–H and O–H groups in total. The smallest absolute Gasteiger partial charge is 0.168 e. The summed E-state index contributed by atoms with van der Waals surface area (Å²) in [5.74, 6) is 5.77. The Kier molecular flexibility index (Phi) is 2.07. The van der Waals surface area contributed by atoms with Crippen LogP contribution < -0.4 is 11.3 Å². The van der Waals surface area contributed by atoms with E-state index in [0.717, 1.165) is 0 Å². The number of hydrogen-bond donors (Lipinski definition) is 2. The lowest BCUT2D eigenvalue weighted by atomic mass is 10.3. The molecule has 0 aliphatic rings. The van der Waals surface area contributed by atoms with Crippen LogP contribution in [-0.2, 0) is 7.05 Å². The summed E-state index contributed by atoms with van der Waals surface area (Å²) in [4.78, 5) is 8.12. The highest BCUT2D eigenvalue weighted by Crippen LogP contribution is 2.19. The fourth-order valence-corrected chi connectivity index (χ4v) is 1.09. The number of aryl methyl sites for hydroxylation is 1. The molecule has 0 bridgehead atoms. The van der Waals surface area contributed by atoms with Crippen molar-refractivity contribution in [2.45, 2.75) is 0 Å². The Hall–Kier alpha value is -2.02. The Morgan fingerprint density at radius 2 is 2.14 bits per heavy atom. The SMILES string of the molecule is Cn1cc(-c2nccnc2NN)nn1. The molecule has 0 fully saturated rings. The van der Waals surface area contributed by atoms with E-state index in [9.17, 15) is 0 Å². The number of anilines is 1. The highest BCUT2D eigenvalue weighted by atomic mass is 15.4. The molecule has 2 rings (SSSR count). The van der Waals surface area contributed by atoms with Gasteiger partial charge in [0.25, 0.3) is 0 Å². The van der Waals surface area contributed by atoms with E-state index in [1.807, 2.05) is 0 Å². The predicted octanol–water partition coefficient (Wildman–Crippen LogP) is -0.442. The van der Waals surface area contributed by atoms with E-state index < -0.39 is 0 Å². The number of nitrogen functional groups attached to an aromatic ring is 1. The van der Waals surface area contributed by atoms with Gasteiger partial charge >= 0.3 is 0 Å². The van der Waals surface area contributed by atoms with Crippen LogP contribution in [0.2, 0.25) is 0 Å². The van der Waals surface area contributed by atoms with E-state index in [2.05, 4.69) is 25.7 Å². The lowest BCUT2D eigenvalue weighted by Gasteiger charge is -2.01. The minimum atomic E-state index is 0.480. The van der Waals surface area contributed by atoms with Crippen molar-refractivity contribution in [3.63, 3.8) is 0 Å². The van der Waals surface area contributed by atoms with E-state index in [0.29, 0.717) is 17.2 Å². The van der Waals surface area contributed by atoms with Gasteiger partial charge in [-0.25, -0.2) is 15.8 Å². The summed E-state index contributed by atoms with van der Waals surface area (Å²) in [7, 11) is 1.78. The highest BCUT2D eigenvalue weighted by Gasteiger charge is 2.09. The third-order valence-corrected chi connectivity index (χ3v) is 1.68. The van der Waals surface area contributed by atoms with Crippen molar-refractivity contribution in [3.8, 4) is 11.4 Å². The third-order valence-electron chi connectivity index (χ3n) is 1.68. The number of nitrogens with two attached hydrogens (primary N) is 1. The van der Waals surface area contributed by atoms with Gasteiger partial charge in [-0.15, -0.1) is 5.10 Å². The normalized spacial score (nSPS) is 10.1. The summed E-state index contributed by atoms with van der Waals surface area (Å²) >= 11 is 0. The fourth-order valence-electron chi connectivity index (χ4n) is 1.09. The molecule has 7 heteroatoms. The van der Waals surface area contributed by atoms with Gasteiger partial charge in [0.2, 0.25) is 0 Å². The fraction of sp³-hybridized carbons (Fsp3) is 0.143. The second kappa shape index (κ2) is 3.38. The van der Waals surface area contributed by atoms with Crippen molar-refractivity contribution in [1.29, 1.82) is 0 Å². The Morgan fingerprint density at radius 1 is 1.36 bits per heavy atom. The molecule has 2 heterocycles. The predicted molar refractivity (Wildman–Crippen MR) is 49.8 cm³/mol. The molecule has 0 radical (unpaired) electrons. The first-order chi connectivity index (χ1) is 6.81. The second-order valence-electron chi connectivity index (χ2n) is 2.68. The second-order valence-corrected chi connectivity index (χ2v) is 2.68. The van der Waals surface area contributed by atoms with Gasteiger partial charge in [0, 0.05) is 19.4 Å². The number of hydrazine groups is 1. The summed E-state index contributed by atoms with van der Waals surface area (Å²) in [5, 5.41) is 7.71. The van der Waals surface area contributed by atoms with E-state index in [1.54, 1.807) is 30.3 Å². The van der Waals surface area contributed by atoms with Crippen molar-refractivity contribution in [3.05, 3.63) is 18.6 Å². The average Bonchev–Trinajstić information content (AvgIpc) is 2.65. The van der Waals surface area contributed by atoms with E-state index in [1.165, 1.54) is 0 Å². The maximum Gasteiger partial charge on any atom is 0.168 e. The summed E-state index contributed by atoms with van der Waals surface area (Å²) in [5.41, 5.74) is 3.67. The Balaban J connectivity index is 2.50. The minimum absolute atomic E-state index is 0.480. The molecule has 7 nitrogen and oxygen atoms in total. The number of aromatic nitrogens is 5. The lowest BCUT2D eigenvalue weighted by Crippen LogP contribution is -2.10. The van der Waals surface area contributed by atoms with Crippen LogP contribution in [0.5, 0.6) is 0 Å². The summed E-state index contributed by atoms with van der Waals surface area (Å²) in [6.45, 7) is 0. The van der Waals surface area contributed by atoms with Gasteiger partial charge < -0.3 is 5.43 Å². The van der Waals surface area contributed by atoms with Crippen LogP contribution in [0.3, 0.4) is 0 Å². The van der Waals surface area contributed by atoms with Crippen molar-refractivity contribution in [2.24, 2.45) is 12.9 Å². The summed E-state index contributed by atoms with van der Waals surface area (Å²) < 4.78 is 1.59. The average molecular weight is 191 g/mol. The molecule has 14 heavy (non-hydrogen) atoms. The summed E-state index contributed by atoms with van der Waals surface area (Å²) in [6.07, 6.45) is 4.87. The maximum atomic E-state index is 5.29. The highest BCUT2D eigenvalue weighted by molar-refractivity contribution is 5.66. The monoisotopic (exact) mass is 191 g/mol. The minimum Gasteiger partial charge on any atom is -0.307 e. The molecule has 0 atom stereocenters. The summed E-state index contributed by atoms with van der Waals surface area (Å²) in [6, 6.07) is 0. The van der Waals surface area contributed by atoms with Crippen LogP contribution in [-0.4, -0.2) is 25.0 Å². The molecule has 0 aliphatic heterocycles. The molecule has 2 aromatic heterocycles. The molecule has 0 spiro atoms. The first-order valence-electron chi connectivity index (χ1n) is 3.95. The zero-order chi connectivity index (χ0) is 9.97. The molecular weight excluding hydrogens is 182 g/mol. The van der Waals surface area contributed by atoms with Crippen molar-refractivity contribution < 1.29 is 0 Å². The zero-order valence-corrected chi connectivity index (χ0v) is 7.55. The Bertz CT molecular complexity index is 435. The molecule has 0 saturated heterocycles. The number of nitrogens with zero attached hydrogens (tertiary/aromatic N) is 5. The van der Waals surface area contributed by atoms with E-state index in [4.69, 9.17) is 5.84 Å². The molecule has 0 saturated carbocycles. The van der Waals surface area contributed by atoms with Crippen LogP contribution >= 0.6 is 0 Å². The standard InChI is InChI=1S/C7H9N7/c1-14-4-5(12-13-14)6-7(11-8)10-3-2-9-6/h2-4H,8H2,1H3,(H,10,11). The van der Waals surface area contributed by atoms with Gasteiger partial charge in [-0.2, -0.15) is 0 Å². The van der Waals surface area contributed by atoms with Crippen LogP contribution in [0, 0.1) is 0 Å². The van der Waals surface area contributed by atoms with Gasteiger partial charge in [-0.1, -0.05) is 5.21 Å². The van der Waals surface area contributed by atoms with Gasteiger partial charge in [0.05, 0.1) is 6.20 Å². The van der Waals surface area contributed by atoms with Crippen LogP contribution in [0.15, 0.2) is 18.6 Å². The number of rotatable bonds is 2. The number of hydrogen-bond acceptors (Lipinski definition) is 6. The van der Waals surface area contributed by atoms with E-state index >= 15 is 0 Å².